The molecule has 0 aliphatic heterocycles. The largest absolute Gasteiger partial charge is 0.335 e. The zero-order valence-electron chi connectivity index (χ0n) is 14.0. The van der Waals surface area contributed by atoms with Gasteiger partial charge in [0, 0.05) is 12.6 Å². The molecule has 1 saturated carbocycles. The molecule has 23 heavy (non-hydrogen) atoms. The van der Waals surface area contributed by atoms with Crippen molar-refractivity contribution in [3.63, 3.8) is 0 Å². The number of hydrogen-bond acceptors (Lipinski definition) is 1. The van der Waals surface area contributed by atoms with Crippen LogP contribution in [0.1, 0.15) is 36.5 Å². The summed E-state index contributed by atoms with van der Waals surface area (Å²) in [7, 11) is 0. The van der Waals surface area contributed by atoms with E-state index in [0.717, 1.165) is 5.56 Å². The number of carbonyl (C=O) groups excluding carboxylic acids is 1. The van der Waals surface area contributed by atoms with Crippen molar-refractivity contribution in [2.75, 3.05) is 0 Å². The Kier molecular flexibility index (Phi) is 4.80. The third kappa shape index (κ3) is 4.22. The minimum absolute atomic E-state index is 0.233. The van der Waals surface area contributed by atoms with Crippen LogP contribution < -0.4 is 0 Å². The van der Waals surface area contributed by atoms with Crippen molar-refractivity contribution in [3.05, 3.63) is 71.3 Å². The second-order valence-corrected chi connectivity index (χ2v) is 6.75. The van der Waals surface area contributed by atoms with Crippen LogP contribution in [0.5, 0.6) is 0 Å². The van der Waals surface area contributed by atoms with Gasteiger partial charge in [-0.15, -0.1) is 0 Å². The van der Waals surface area contributed by atoms with E-state index in [0.29, 0.717) is 24.9 Å². The first-order valence-corrected chi connectivity index (χ1v) is 8.52. The zero-order chi connectivity index (χ0) is 16.2. The summed E-state index contributed by atoms with van der Waals surface area (Å²) >= 11 is 0. The van der Waals surface area contributed by atoms with E-state index in [1.807, 2.05) is 18.2 Å². The molecule has 0 bridgehead atoms. The van der Waals surface area contributed by atoms with Crippen LogP contribution in [0.2, 0.25) is 0 Å². The highest BCUT2D eigenvalue weighted by atomic mass is 16.2. The minimum Gasteiger partial charge on any atom is -0.335 e. The average Bonchev–Trinajstić information content (AvgIpc) is 3.40. The van der Waals surface area contributed by atoms with Gasteiger partial charge in [0.1, 0.15) is 0 Å². The SMILES string of the molecule is Cc1ccc(CC(=O)N(Cc2ccccc2)C(C)C2CC2)cc1. The van der Waals surface area contributed by atoms with Crippen LogP contribution in [0.25, 0.3) is 0 Å². The van der Waals surface area contributed by atoms with Crippen molar-refractivity contribution in [2.45, 2.75) is 45.7 Å². The van der Waals surface area contributed by atoms with Gasteiger partial charge >= 0.3 is 0 Å². The quantitative estimate of drug-likeness (QED) is 0.776. The molecule has 1 amide bonds. The molecule has 1 aliphatic carbocycles. The Morgan fingerprint density at radius 2 is 1.70 bits per heavy atom. The summed E-state index contributed by atoms with van der Waals surface area (Å²) in [6.45, 7) is 4.99. The van der Waals surface area contributed by atoms with Gasteiger partial charge in [-0.25, -0.2) is 0 Å². The van der Waals surface area contributed by atoms with Gasteiger partial charge in [-0.3, -0.25) is 4.79 Å². The summed E-state index contributed by atoms with van der Waals surface area (Å²) < 4.78 is 0. The van der Waals surface area contributed by atoms with Crippen molar-refractivity contribution in [1.29, 1.82) is 0 Å². The number of aryl methyl sites for hydroxylation is 1. The summed E-state index contributed by atoms with van der Waals surface area (Å²) in [6, 6.07) is 18.9. The topological polar surface area (TPSA) is 20.3 Å². The first-order chi connectivity index (χ1) is 11.1. The third-order valence-corrected chi connectivity index (χ3v) is 4.79. The fraction of sp³-hybridized carbons (Fsp3) is 0.381. The molecule has 1 unspecified atom stereocenters. The fourth-order valence-corrected chi connectivity index (χ4v) is 3.05. The van der Waals surface area contributed by atoms with Crippen LogP contribution in [0, 0.1) is 12.8 Å². The first-order valence-electron chi connectivity index (χ1n) is 8.52. The fourth-order valence-electron chi connectivity index (χ4n) is 3.05. The molecule has 0 saturated heterocycles. The molecule has 2 aromatic rings. The smallest absolute Gasteiger partial charge is 0.227 e. The molecular weight excluding hydrogens is 282 g/mol. The highest BCUT2D eigenvalue weighted by molar-refractivity contribution is 5.79. The van der Waals surface area contributed by atoms with Crippen molar-refractivity contribution < 1.29 is 4.79 Å². The molecule has 120 valence electrons. The molecule has 0 aromatic heterocycles. The highest BCUT2D eigenvalue weighted by Crippen LogP contribution is 2.36. The predicted molar refractivity (Wildman–Crippen MR) is 94.1 cm³/mol. The summed E-state index contributed by atoms with van der Waals surface area (Å²) in [5.74, 6) is 0.915. The van der Waals surface area contributed by atoms with Crippen molar-refractivity contribution >= 4 is 5.91 Å². The van der Waals surface area contributed by atoms with E-state index < -0.39 is 0 Å². The molecule has 0 N–H and O–H groups in total. The summed E-state index contributed by atoms with van der Waals surface area (Å²) in [5.41, 5.74) is 3.53. The Morgan fingerprint density at radius 3 is 2.30 bits per heavy atom. The molecule has 1 atom stereocenters. The molecule has 2 aromatic carbocycles. The van der Waals surface area contributed by atoms with Gasteiger partial charge in [0.15, 0.2) is 0 Å². The Hall–Kier alpha value is -2.09. The maximum Gasteiger partial charge on any atom is 0.227 e. The molecular formula is C21H25NO. The Balaban J connectivity index is 1.73. The van der Waals surface area contributed by atoms with Gasteiger partial charge in [-0.1, -0.05) is 60.2 Å². The molecule has 0 spiro atoms. The predicted octanol–water partition coefficient (Wildman–Crippen LogP) is 4.36. The van der Waals surface area contributed by atoms with Crippen LogP contribution >= 0.6 is 0 Å². The van der Waals surface area contributed by atoms with Crippen molar-refractivity contribution in [1.82, 2.24) is 4.90 Å². The van der Waals surface area contributed by atoms with Crippen LogP contribution in [0.15, 0.2) is 54.6 Å². The summed E-state index contributed by atoms with van der Waals surface area (Å²) in [6.07, 6.45) is 3.00. The third-order valence-electron chi connectivity index (χ3n) is 4.79. The van der Waals surface area contributed by atoms with Gasteiger partial charge in [-0.2, -0.15) is 0 Å². The molecule has 2 heteroatoms. The van der Waals surface area contributed by atoms with E-state index in [4.69, 9.17) is 0 Å². The van der Waals surface area contributed by atoms with Gasteiger partial charge in [-0.05, 0) is 43.7 Å². The van der Waals surface area contributed by atoms with E-state index in [1.54, 1.807) is 0 Å². The highest BCUT2D eigenvalue weighted by Gasteiger charge is 2.34. The normalized spacial score (nSPS) is 15.2. The number of amides is 1. The first kappa shape index (κ1) is 15.8. The monoisotopic (exact) mass is 307 g/mol. The van der Waals surface area contributed by atoms with Gasteiger partial charge < -0.3 is 4.90 Å². The van der Waals surface area contributed by atoms with Crippen LogP contribution in [0.3, 0.4) is 0 Å². The molecule has 0 radical (unpaired) electrons. The second-order valence-electron chi connectivity index (χ2n) is 6.75. The van der Waals surface area contributed by atoms with Crippen LogP contribution in [0.4, 0.5) is 0 Å². The van der Waals surface area contributed by atoms with Gasteiger partial charge in [0.25, 0.3) is 0 Å². The maximum absolute atomic E-state index is 12.9. The van der Waals surface area contributed by atoms with E-state index in [1.165, 1.54) is 24.0 Å². The average molecular weight is 307 g/mol. The van der Waals surface area contributed by atoms with Gasteiger partial charge in [0.05, 0.1) is 6.42 Å². The van der Waals surface area contributed by atoms with Crippen LogP contribution in [-0.2, 0) is 17.8 Å². The number of rotatable bonds is 6. The van der Waals surface area contributed by atoms with E-state index in [9.17, 15) is 4.79 Å². The Bertz CT molecular complexity index is 643. The number of carbonyl (C=O) groups is 1. The molecule has 3 rings (SSSR count). The lowest BCUT2D eigenvalue weighted by atomic mass is 10.1. The lowest BCUT2D eigenvalue weighted by Gasteiger charge is -2.30. The number of benzene rings is 2. The summed E-state index contributed by atoms with van der Waals surface area (Å²) in [5, 5.41) is 0. The lowest BCUT2D eigenvalue weighted by Crippen LogP contribution is -2.40. The molecule has 1 fully saturated rings. The summed E-state index contributed by atoms with van der Waals surface area (Å²) in [4.78, 5) is 15.0. The van der Waals surface area contributed by atoms with Crippen molar-refractivity contribution in [3.8, 4) is 0 Å². The lowest BCUT2D eigenvalue weighted by molar-refractivity contribution is -0.133. The molecule has 2 nitrogen and oxygen atoms in total. The number of nitrogens with zero attached hydrogens (tertiary/aromatic N) is 1. The zero-order valence-corrected chi connectivity index (χ0v) is 14.0. The van der Waals surface area contributed by atoms with E-state index >= 15 is 0 Å². The van der Waals surface area contributed by atoms with Crippen molar-refractivity contribution in [2.24, 2.45) is 5.92 Å². The standard InChI is InChI=1S/C21H25NO/c1-16-8-10-18(11-9-16)14-21(23)22(17(2)20-12-13-20)15-19-6-4-3-5-7-19/h3-11,17,20H,12-15H2,1-2H3. The number of hydrogen-bond donors (Lipinski definition) is 0. The molecule has 1 aliphatic rings. The second kappa shape index (κ2) is 6.99. The van der Waals surface area contributed by atoms with E-state index in [2.05, 4.69) is 55.1 Å². The Morgan fingerprint density at radius 1 is 1.04 bits per heavy atom. The Labute approximate surface area is 139 Å². The van der Waals surface area contributed by atoms with Gasteiger partial charge in [0.2, 0.25) is 5.91 Å². The maximum atomic E-state index is 12.9. The molecule has 0 heterocycles. The van der Waals surface area contributed by atoms with Crippen LogP contribution in [-0.4, -0.2) is 16.8 Å². The minimum atomic E-state index is 0.233. The van der Waals surface area contributed by atoms with E-state index in [-0.39, 0.29) is 5.91 Å².